The molecular formula is C28H30N4O3. The minimum absolute atomic E-state index is 0.0724. The lowest BCUT2D eigenvalue weighted by atomic mass is 9.90. The molecule has 0 spiro atoms. The molecule has 1 aromatic heterocycles. The van der Waals surface area contributed by atoms with Gasteiger partial charge in [0, 0.05) is 61.1 Å². The van der Waals surface area contributed by atoms with E-state index in [1.165, 1.54) is 16.5 Å². The van der Waals surface area contributed by atoms with Crippen LogP contribution in [0.1, 0.15) is 24.0 Å². The van der Waals surface area contributed by atoms with Crippen LogP contribution in [-0.2, 0) is 4.79 Å². The molecular weight excluding hydrogens is 440 g/mol. The van der Waals surface area contributed by atoms with E-state index in [9.17, 15) is 4.79 Å². The van der Waals surface area contributed by atoms with Crippen molar-refractivity contribution in [3.05, 3.63) is 84.1 Å². The predicted octanol–water partition coefficient (Wildman–Crippen LogP) is 4.71. The van der Waals surface area contributed by atoms with E-state index < -0.39 is 6.04 Å². The van der Waals surface area contributed by atoms with E-state index in [1.54, 1.807) is 12.1 Å². The van der Waals surface area contributed by atoms with Gasteiger partial charge in [0.15, 0.2) is 11.5 Å². The van der Waals surface area contributed by atoms with Gasteiger partial charge in [-0.2, -0.15) is 0 Å². The Hall–Kier alpha value is -3.97. The molecule has 0 bridgehead atoms. The summed E-state index contributed by atoms with van der Waals surface area (Å²) in [5, 5.41) is 7.61. The highest BCUT2D eigenvalue weighted by molar-refractivity contribution is 5.95. The standard InChI is InChI=1S/C28H30N4O3/c1-18(28(33)31-20-10-13-26-27(14-20)35-17-34-26)29-15-23(19-8-11-21(12-9-19)32(2)3)24-16-30-25-7-5-4-6-22(24)25/h4-14,16,18,23,29-30H,15,17H2,1-3H3,(H,31,33)/t18-,23+/m1/s1. The van der Waals surface area contributed by atoms with Crippen LogP contribution in [0.25, 0.3) is 10.9 Å². The number of hydrogen-bond acceptors (Lipinski definition) is 5. The molecule has 5 rings (SSSR count). The highest BCUT2D eigenvalue weighted by Gasteiger charge is 2.22. The summed E-state index contributed by atoms with van der Waals surface area (Å²) in [6.07, 6.45) is 2.08. The van der Waals surface area contributed by atoms with Gasteiger partial charge in [-0.05, 0) is 48.4 Å². The number of benzene rings is 3. The first-order valence-electron chi connectivity index (χ1n) is 11.8. The van der Waals surface area contributed by atoms with E-state index >= 15 is 0 Å². The zero-order chi connectivity index (χ0) is 24.4. The number of para-hydroxylation sites is 1. The van der Waals surface area contributed by atoms with Gasteiger partial charge in [0.2, 0.25) is 12.7 Å². The topological polar surface area (TPSA) is 78.6 Å². The fourth-order valence-corrected chi connectivity index (χ4v) is 4.41. The number of hydrogen-bond donors (Lipinski definition) is 3. The van der Waals surface area contributed by atoms with Gasteiger partial charge in [0.05, 0.1) is 6.04 Å². The number of aromatic nitrogens is 1. The number of rotatable bonds is 8. The maximum Gasteiger partial charge on any atom is 0.241 e. The maximum absolute atomic E-state index is 12.9. The van der Waals surface area contributed by atoms with Crippen molar-refractivity contribution in [2.75, 3.05) is 37.6 Å². The van der Waals surface area contributed by atoms with Crippen molar-refractivity contribution in [2.45, 2.75) is 18.9 Å². The van der Waals surface area contributed by atoms with Crippen molar-refractivity contribution in [3.8, 4) is 11.5 Å². The zero-order valence-corrected chi connectivity index (χ0v) is 20.2. The Morgan fingerprint density at radius 3 is 2.60 bits per heavy atom. The Morgan fingerprint density at radius 2 is 1.80 bits per heavy atom. The van der Waals surface area contributed by atoms with Gasteiger partial charge in [0.1, 0.15) is 0 Å². The largest absolute Gasteiger partial charge is 0.454 e. The van der Waals surface area contributed by atoms with Crippen molar-refractivity contribution in [2.24, 2.45) is 0 Å². The number of nitrogens with one attached hydrogen (secondary N) is 3. The molecule has 4 aromatic rings. The van der Waals surface area contributed by atoms with Gasteiger partial charge in [-0.3, -0.25) is 4.79 Å². The molecule has 2 atom stereocenters. The van der Waals surface area contributed by atoms with Crippen LogP contribution in [0.2, 0.25) is 0 Å². The molecule has 3 aromatic carbocycles. The number of fused-ring (bicyclic) bond motifs is 2. The molecule has 0 unspecified atom stereocenters. The number of aromatic amines is 1. The van der Waals surface area contributed by atoms with E-state index in [0.29, 0.717) is 23.7 Å². The predicted molar refractivity (Wildman–Crippen MR) is 140 cm³/mol. The monoisotopic (exact) mass is 470 g/mol. The van der Waals surface area contributed by atoms with Crippen LogP contribution in [-0.4, -0.2) is 44.4 Å². The number of H-pyrrole nitrogens is 1. The van der Waals surface area contributed by atoms with Gasteiger partial charge in [0.25, 0.3) is 0 Å². The molecule has 180 valence electrons. The molecule has 0 saturated heterocycles. The average molecular weight is 471 g/mol. The summed E-state index contributed by atoms with van der Waals surface area (Å²) < 4.78 is 10.8. The molecule has 7 nitrogen and oxygen atoms in total. The van der Waals surface area contributed by atoms with Crippen LogP contribution in [0, 0.1) is 0 Å². The molecule has 2 heterocycles. The molecule has 1 amide bonds. The summed E-state index contributed by atoms with van der Waals surface area (Å²) in [4.78, 5) is 18.4. The number of amides is 1. The van der Waals surface area contributed by atoms with Crippen LogP contribution in [0.3, 0.4) is 0 Å². The Kier molecular flexibility index (Phi) is 6.33. The normalized spacial score (nSPS) is 14.0. The fourth-order valence-electron chi connectivity index (χ4n) is 4.41. The first-order valence-corrected chi connectivity index (χ1v) is 11.8. The molecule has 0 radical (unpaired) electrons. The Labute approximate surface area is 205 Å². The summed E-state index contributed by atoms with van der Waals surface area (Å²) in [5.41, 5.74) is 5.33. The smallest absolute Gasteiger partial charge is 0.241 e. The number of carbonyl (C=O) groups excluding carboxylic acids is 1. The molecule has 0 fully saturated rings. The van der Waals surface area contributed by atoms with E-state index in [4.69, 9.17) is 9.47 Å². The van der Waals surface area contributed by atoms with Crippen molar-refractivity contribution < 1.29 is 14.3 Å². The van der Waals surface area contributed by atoms with Crippen LogP contribution in [0.4, 0.5) is 11.4 Å². The van der Waals surface area contributed by atoms with Gasteiger partial charge in [-0.15, -0.1) is 0 Å². The number of nitrogens with zero attached hydrogens (tertiary/aromatic N) is 1. The second-order valence-corrected chi connectivity index (χ2v) is 9.02. The minimum atomic E-state index is -0.394. The molecule has 0 aliphatic carbocycles. The Balaban J connectivity index is 1.34. The van der Waals surface area contributed by atoms with E-state index in [2.05, 4.69) is 69.2 Å². The summed E-state index contributed by atoms with van der Waals surface area (Å²) in [6.45, 7) is 2.69. The first kappa shape index (κ1) is 22.8. The second-order valence-electron chi connectivity index (χ2n) is 9.02. The highest BCUT2D eigenvalue weighted by Crippen LogP contribution is 2.34. The van der Waals surface area contributed by atoms with E-state index in [1.807, 2.05) is 33.2 Å². The van der Waals surface area contributed by atoms with Crippen molar-refractivity contribution in [3.63, 3.8) is 0 Å². The van der Waals surface area contributed by atoms with Gasteiger partial charge >= 0.3 is 0 Å². The number of carbonyl (C=O) groups is 1. The molecule has 0 saturated carbocycles. The fraction of sp³-hybridized carbons (Fsp3) is 0.250. The first-order chi connectivity index (χ1) is 17.0. The molecule has 1 aliphatic heterocycles. The summed E-state index contributed by atoms with van der Waals surface area (Å²) in [5.74, 6) is 1.30. The van der Waals surface area contributed by atoms with Crippen LogP contribution in [0.15, 0.2) is 72.9 Å². The molecule has 3 N–H and O–H groups in total. The lowest BCUT2D eigenvalue weighted by Gasteiger charge is -2.22. The third-order valence-electron chi connectivity index (χ3n) is 6.47. The Morgan fingerprint density at radius 1 is 1.03 bits per heavy atom. The minimum Gasteiger partial charge on any atom is -0.454 e. The molecule has 7 heteroatoms. The molecule has 1 aliphatic rings. The average Bonchev–Trinajstić information content (AvgIpc) is 3.51. The van der Waals surface area contributed by atoms with Crippen LogP contribution < -0.4 is 25.0 Å². The zero-order valence-electron chi connectivity index (χ0n) is 20.2. The summed E-state index contributed by atoms with van der Waals surface area (Å²) >= 11 is 0. The van der Waals surface area contributed by atoms with Crippen LogP contribution in [0.5, 0.6) is 11.5 Å². The van der Waals surface area contributed by atoms with E-state index in [-0.39, 0.29) is 18.6 Å². The molecule has 35 heavy (non-hydrogen) atoms. The van der Waals surface area contributed by atoms with Gasteiger partial charge < -0.3 is 30.0 Å². The lowest BCUT2D eigenvalue weighted by Crippen LogP contribution is -2.40. The van der Waals surface area contributed by atoms with Crippen molar-refractivity contribution in [1.29, 1.82) is 0 Å². The van der Waals surface area contributed by atoms with Crippen molar-refractivity contribution in [1.82, 2.24) is 10.3 Å². The highest BCUT2D eigenvalue weighted by atomic mass is 16.7. The quantitative estimate of drug-likeness (QED) is 0.348. The van der Waals surface area contributed by atoms with Crippen molar-refractivity contribution >= 4 is 28.2 Å². The SMILES string of the molecule is C[C@@H](NC[C@@H](c1ccc(N(C)C)cc1)c1c[nH]c2ccccc12)C(=O)Nc1ccc2c(c1)OCO2. The maximum atomic E-state index is 12.9. The lowest BCUT2D eigenvalue weighted by molar-refractivity contribution is -0.117. The number of ether oxygens (including phenoxy) is 2. The number of anilines is 2. The van der Waals surface area contributed by atoms with Gasteiger partial charge in [-0.25, -0.2) is 0 Å². The third-order valence-corrected chi connectivity index (χ3v) is 6.47. The van der Waals surface area contributed by atoms with Gasteiger partial charge in [-0.1, -0.05) is 30.3 Å². The van der Waals surface area contributed by atoms with E-state index in [0.717, 1.165) is 11.2 Å². The summed E-state index contributed by atoms with van der Waals surface area (Å²) in [6, 6.07) is 21.9. The second kappa shape index (κ2) is 9.72. The Bertz CT molecular complexity index is 1330. The summed E-state index contributed by atoms with van der Waals surface area (Å²) in [7, 11) is 4.07. The van der Waals surface area contributed by atoms with Crippen LogP contribution >= 0.6 is 0 Å². The third kappa shape index (κ3) is 4.81.